The molecule has 2 aliphatic rings. The van der Waals surface area contributed by atoms with Crippen LogP contribution in [0.4, 0.5) is 5.13 Å². The van der Waals surface area contributed by atoms with E-state index >= 15 is 0 Å². The van der Waals surface area contributed by atoms with Gasteiger partial charge >= 0.3 is 0 Å². The number of hydrazone groups is 1. The van der Waals surface area contributed by atoms with Crippen molar-refractivity contribution in [2.75, 3.05) is 5.01 Å². The Balaban J connectivity index is 1.47. The lowest BCUT2D eigenvalue weighted by Crippen LogP contribution is -2.22. The number of thiazole rings is 1. The van der Waals surface area contributed by atoms with Gasteiger partial charge in [0.25, 0.3) is 5.91 Å². The van der Waals surface area contributed by atoms with Crippen LogP contribution in [0, 0.1) is 0 Å². The molecule has 0 radical (unpaired) electrons. The molecule has 36 heavy (non-hydrogen) atoms. The van der Waals surface area contributed by atoms with Gasteiger partial charge in [-0.3, -0.25) is 4.79 Å². The van der Waals surface area contributed by atoms with Gasteiger partial charge in [-0.15, -0.1) is 0 Å². The van der Waals surface area contributed by atoms with Gasteiger partial charge in [0.2, 0.25) is 11.0 Å². The van der Waals surface area contributed by atoms with Gasteiger partial charge in [-0.2, -0.15) is 10.1 Å². The van der Waals surface area contributed by atoms with Gasteiger partial charge in [0.15, 0.2) is 0 Å². The summed E-state index contributed by atoms with van der Waals surface area (Å²) < 4.78 is 0. The molecule has 0 spiro atoms. The van der Waals surface area contributed by atoms with Crippen LogP contribution in [0.25, 0.3) is 5.57 Å². The first-order chi connectivity index (χ1) is 17.4. The molecule has 1 atom stereocenters. The van der Waals surface area contributed by atoms with Crippen molar-refractivity contribution in [3.8, 4) is 5.88 Å². The first-order valence-electron chi connectivity index (χ1n) is 10.9. The number of anilines is 1. The van der Waals surface area contributed by atoms with Crippen LogP contribution in [-0.2, 0) is 4.79 Å². The molecule has 0 bridgehead atoms. The summed E-state index contributed by atoms with van der Waals surface area (Å²) in [6.45, 7) is 0. The fourth-order valence-electron chi connectivity index (χ4n) is 4.32. The molecule has 10 heteroatoms. The Kier molecular flexibility index (Phi) is 5.80. The summed E-state index contributed by atoms with van der Waals surface area (Å²) in [4.78, 5) is 21.6. The predicted octanol–water partition coefficient (Wildman–Crippen LogP) is 5.52. The molecule has 1 N–H and O–H groups in total. The number of amides is 1. The van der Waals surface area contributed by atoms with Crippen LogP contribution in [0.5, 0.6) is 5.88 Å². The largest absolute Gasteiger partial charge is 0.492 e. The lowest BCUT2D eigenvalue weighted by atomic mass is 9.99. The maximum Gasteiger partial charge on any atom is 0.279 e. The van der Waals surface area contributed by atoms with E-state index in [-0.39, 0.29) is 17.5 Å². The highest BCUT2D eigenvalue weighted by Crippen LogP contribution is 2.43. The van der Waals surface area contributed by atoms with Crippen molar-refractivity contribution in [1.29, 1.82) is 0 Å². The van der Waals surface area contributed by atoms with Gasteiger partial charge in [-0.25, -0.2) is 10.0 Å². The molecule has 6 nitrogen and oxygen atoms in total. The summed E-state index contributed by atoms with van der Waals surface area (Å²) >= 11 is 19.5. The molecule has 0 saturated heterocycles. The molecule has 1 unspecified atom stereocenters. The summed E-state index contributed by atoms with van der Waals surface area (Å²) in [5.41, 5.74) is 3.04. The van der Waals surface area contributed by atoms with Crippen LogP contribution >= 0.6 is 46.1 Å². The fourth-order valence-corrected chi connectivity index (χ4v) is 5.75. The van der Waals surface area contributed by atoms with E-state index in [1.165, 1.54) is 11.3 Å². The topological polar surface area (TPSA) is 78.2 Å². The summed E-state index contributed by atoms with van der Waals surface area (Å²) in [6.07, 6.45) is 0.599. The number of fused-ring (bicyclic) bond motifs is 1. The monoisotopic (exact) mass is 552 g/mol. The highest BCUT2D eigenvalue weighted by Gasteiger charge is 2.34. The van der Waals surface area contributed by atoms with Crippen LogP contribution < -0.4 is 15.6 Å². The molecule has 178 valence electrons. The van der Waals surface area contributed by atoms with Gasteiger partial charge in [0.1, 0.15) is 4.88 Å². The minimum atomic E-state index is -0.446. The van der Waals surface area contributed by atoms with E-state index in [0.29, 0.717) is 42.1 Å². The van der Waals surface area contributed by atoms with Crippen molar-refractivity contribution in [2.45, 2.75) is 12.5 Å². The molecule has 0 aliphatic carbocycles. The zero-order valence-electron chi connectivity index (χ0n) is 18.3. The van der Waals surface area contributed by atoms with Crippen molar-refractivity contribution >= 4 is 68.5 Å². The first kappa shape index (κ1) is 23.2. The Hall–Kier alpha value is -3.23. The number of hydrogen-bond acceptors (Lipinski definition) is 6. The molecule has 2 aliphatic heterocycles. The maximum atomic E-state index is 12.8. The Morgan fingerprint density at radius 1 is 0.917 bits per heavy atom. The summed E-state index contributed by atoms with van der Waals surface area (Å²) in [5.74, 6) is -0.704. The van der Waals surface area contributed by atoms with Crippen LogP contribution in [0.15, 0.2) is 76.8 Å². The number of carbonyl (C=O) groups is 1. The first-order valence-corrected chi connectivity index (χ1v) is 12.8. The molecule has 6 rings (SSSR count). The smallest absolute Gasteiger partial charge is 0.279 e. The van der Waals surface area contributed by atoms with Crippen molar-refractivity contribution < 1.29 is 9.90 Å². The number of halogens is 3. The molecular weight excluding hydrogens is 539 g/mol. The van der Waals surface area contributed by atoms with E-state index in [4.69, 9.17) is 39.9 Å². The zero-order chi connectivity index (χ0) is 25.0. The van der Waals surface area contributed by atoms with Gasteiger partial charge in [0.05, 0.1) is 22.7 Å². The summed E-state index contributed by atoms with van der Waals surface area (Å²) in [5, 5.41) is 20.7. The van der Waals surface area contributed by atoms with Crippen LogP contribution in [0.2, 0.25) is 15.1 Å². The molecule has 0 saturated carbocycles. The zero-order valence-corrected chi connectivity index (χ0v) is 21.4. The van der Waals surface area contributed by atoms with Crippen molar-refractivity contribution in [3.63, 3.8) is 0 Å². The predicted molar refractivity (Wildman–Crippen MR) is 143 cm³/mol. The van der Waals surface area contributed by atoms with Crippen LogP contribution in [-0.4, -0.2) is 21.7 Å². The third kappa shape index (κ3) is 4.08. The minimum absolute atomic E-state index is 0.193. The lowest BCUT2D eigenvalue weighted by Gasteiger charge is -2.21. The number of rotatable bonds is 4. The SMILES string of the molecule is O=C1N=c2ccc(Cl)cc2=C1c1sc(N2N=C(c3ccc(Cl)cc3)CC2c2ccc(Cl)cc2)nc1O. The average molecular weight is 554 g/mol. The third-order valence-corrected chi connectivity index (χ3v) is 7.82. The Morgan fingerprint density at radius 3 is 2.31 bits per heavy atom. The maximum absolute atomic E-state index is 12.8. The number of aromatic nitrogens is 1. The second kappa shape index (κ2) is 9.01. The molecule has 3 heterocycles. The molecule has 1 aromatic heterocycles. The molecule has 0 fully saturated rings. The number of benzene rings is 3. The summed E-state index contributed by atoms with van der Waals surface area (Å²) in [6, 6.07) is 19.9. The normalized spacial score (nSPS) is 16.8. The number of hydrogen-bond donors (Lipinski definition) is 1. The fraction of sp³-hybridized carbons (Fsp3) is 0.0769. The van der Waals surface area contributed by atoms with Crippen LogP contribution in [0.3, 0.4) is 0 Å². The van der Waals surface area contributed by atoms with Crippen molar-refractivity contribution in [3.05, 3.63) is 108 Å². The second-order valence-corrected chi connectivity index (χ2v) is 10.6. The average Bonchev–Trinajstić information content (AvgIpc) is 3.54. The molecular formula is C26H15Cl3N4O2S. The second-order valence-electron chi connectivity index (χ2n) is 8.27. The van der Waals surface area contributed by atoms with Crippen molar-refractivity contribution in [1.82, 2.24) is 4.98 Å². The molecule has 1 amide bonds. The quantitative estimate of drug-likeness (QED) is 0.361. The number of nitrogens with zero attached hydrogens (tertiary/aromatic N) is 4. The van der Waals surface area contributed by atoms with Crippen molar-refractivity contribution in [2.24, 2.45) is 10.1 Å². The highest BCUT2D eigenvalue weighted by atomic mass is 35.5. The van der Waals surface area contributed by atoms with Crippen LogP contribution in [0.1, 0.15) is 28.5 Å². The van der Waals surface area contributed by atoms with E-state index in [1.807, 2.05) is 48.5 Å². The standard InChI is InChI=1S/C26H15Cl3N4O2S/c27-15-5-1-13(2-6-15)20-12-21(14-3-7-16(28)8-4-14)33(32-20)26-31-25(35)23(36-26)22-18-11-17(29)9-10-19(18)30-24(22)34/h1-11,21,35H,12H2. The van der Waals surface area contributed by atoms with E-state index < -0.39 is 5.91 Å². The Labute approximate surface area is 224 Å². The van der Waals surface area contributed by atoms with E-state index in [2.05, 4.69) is 9.98 Å². The number of aromatic hydroxyl groups is 1. The highest BCUT2D eigenvalue weighted by molar-refractivity contribution is 7.17. The van der Waals surface area contributed by atoms with E-state index in [9.17, 15) is 9.90 Å². The Bertz CT molecular complexity index is 1680. The lowest BCUT2D eigenvalue weighted by molar-refractivity contribution is -0.112. The van der Waals surface area contributed by atoms with Gasteiger partial charge in [0, 0.05) is 26.7 Å². The van der Waals surface area contributed by atoms with Gasteiger partial charge in [-0.05, 0) is 53.6 Å². The Morgan fingerprint density at radius 2 is 1.58 bits per heavy atom. The third-order valence-electron chi connectivity index (χ3n) is 6.03. The summed E-state index contributed by atoms with van der Waals surface area (Å²) in [7, 11) is 0. The van der Waals surface area contributed by atoms with E-state index in [1.54, 1.807) is 23.2 Å². The molecule has 3 aromatic carbocycles. The van der Waals surface area contributed by atoms with Gasteiger partial charge in [-0.1, -0.05) is 70.4 Å². The number of carbonyl (C=O) groups excluding carboxylic acids is 1. The molecule has 4 aromatic rings. The minimum Gasteiger partial charge on any atom is -0.492 e. The van der Waals surface area contributed by atoms with Gasteiger partial charge < -0.3 is 5.11 Å². The van der Waals surface area contributed by atoms with E-state index in [0.717, 1.165) is 16.8 Å².